The van der Waals surface area contributed by atoms with E-state index in [4.69, 9.17) is 0 Å². The van der Waals surface area contributed by atoms with Crippen LogP contribution in [0.3, 0.4) is 0 Å². The zero-order chi connectivity index (χ0) is 13.0. The molecule has 0 spiro atoms. The van der Waals surface area contributed by atoms with Crippen molar-refractivity contribution < 1.29 is 10.2 Å². The molecule has 0 aliphatic rings. The zero-order valence-corrected chi connectivity index (χ0v) is 11.1. The fourth-order valence-electron chi connectivity index (χ4n) is 2.10. The molecule has 2 N–H and O–H groups in total. The maximum atomic E-state index is 9.50. The van der Waals surface area contributed by atoms with E-state index in [0.717, 1.165) is 18.7 Å². The van der Waals surface area contributed by atoms with Crippen LogP contribution >= 0.6 is 0 Å². The van der Waals surface area contributed by atoms with Gasteiger partial charge in [0.15, 0.2) is 0 Å². The Kier molecular flexibility index (Phi) is 4.82. The molecule has 0 aromatic heterocycles. The summed E-state index contributed by atoms with van der Waals surface area (Å²) in [5.41, 5.74) is 0.949. The van der Waals surface area contributed by atoms with Crippen LogP contribution in [0.4, 0.5) is 0 Å². The summed E-state index contributed by atoms with van der Waals surface area (Å²) in [4.78, 5) is 2.33. The minimum absolute atomic E-state index is 0.118. The molecule has 0 saturated heterocycles. The van der Waals surface area contributed by atoms with Gasteiger partial charge in [-0.2, -0.15) is 0 Å². The number of rotatable bonds is 5. The molecule has 0 radical (unpaired) electrons. The summed E-state index contributed by atoms with van der Waals surface area (Å²) in [6, 6.07) is 4.98. The van der Waals surface area contributed by atoms with Gasteiger partial charge in [-0.15, -0.1) is 0 Å². The van der Waals surface area contributed by atoms with Crippen molar-refractivity contribution in [2.75, 3.05) is 13.1 Å². The van der Waals surface area contributed by atoms with E-state index >= 15 is 0 Å². The Bertz CT molecular complexity index is 343. The molecule has 0 fully saturated rings. The average molecular weight is 237 g/mol. The Labute approximate surface area is 104 Å². The summed E-state index contributed by atoms with van der Waals surface area (Å²) < 4.78 is 0. The Morgan fingerprint density at radius 1 is 1.06 bits per heavy atom. The second-order valence-corrected chi connectivity index (χ2v) is 4.94. The number of phenolic OH excluding ortho intramolecular Hbond substituents is 2. The second kappa shape index (κ2) is 5.92. The van der Waals surface area contributed by atoms with Gasteiger partial charge in [0, 0.05) is 18.7 Å². The highest BCUT2D eigenvalue weighted by molar-refractivity contribution is 5.37. The number of benzene rings is 1. The second-order valence-electron chi connectivity index (χ2n) is 4.94. The van der Waals surface area contributed by atoms with Gasteiger partial charge in [-0.3, -0.25) is 4.90 Å². The first kappa shape index (κ1) is 13.8. The highest BCUT2D eigenvalue weighted by Gasteiger charge is 2.16. The summed E-state index contributed by atoms with van der Waals surface area (Å²) in [5, 5.41) is 19.0. The van der Waals surface area contributed by atoms with Crippen molar-refractivity contribution in [1.82, 2.24) is 4.90 Å². The normalized spacial score (nSPS) is 13.3. The lowest BCUT2D eigenvalue weighted by molar-refractivity contribution is 0.197. The van der Waals surface area contributed by atoms with Gasteiger partial charge in [0.05, 0.1) is 0 Å². The molecule has 0 saturated carbocycles. The predicted octanol–water partition coefficient (Wildman–Crippen LogP) is 3.14. The van der Waals surface area contributed by atoms with Gasteiger partial charge in [0.1, 0.15) is 11.5 Å². The molecular weight excluding hydrogens is 214 g/mol. The van der Waals surface area contributed by atoms with E-state index in [1.807, 2.05) is 0 Å². The number of aromatic hydroxyl groups is 2. The molecule has 96 valence electrons. The molecule has 1 aromatic carbocycles. The van der Waals surface area contributed by atoms with E-state index in [1.54, 1.807) is 12.1 Å². The maximum Gasteiger partial charge on any atom is 0.119 e. The highest BCUT2D eigenvalue weighted by Crippen LogP contribution is 2.28. The van der Waals surface area contributed by atoms with Crippen LogP contribution in [0.1, 0.15) is 39.3 Å². The lowest BCUT2D eigenvalue weighted by Gasteiger charge is -2.29. The molecule has 17 heavy (non-hydrogen) atoms. The van der Waals surface area contributed by atoms with Crippen LogP contribution in [0.15, 0.2) is 18.2 Å². The smallest absolute Gasteiger partial charge is 0.119 e. The minimum Gasteiger partial charge on any atom is -0.508 e. The fourth-order valence-corrected chi connectivity index (χ4v) is 2.10. The van der Waals surface area contributed by atoms with Crippen LogP contribution in [-0.4, -0.2) is 28.2 Å². The van der Waals surface area contributed by atoms with Crippen molar-refractivity contribution in [1.29, 1.82) is 0 Å². The van der Waals surface area contributed by atoms with Crippen molar-refractivity contribution in [3.8, 4) is 11.5 Å². The van der Waals surface area contributed by atoms with Crippen LogP contribution in [0.5, 0.6) is 11.5 Å². The SMILES string of the molecule is CCN(CC(C)C)C(C)c1cc(O)cc(O)c1. The highest BCUT2D eigenvalue weighted by atomic mass is 16.3. The molecule has 0 aliphatic heterocycles. The fraction of sp³-hybridized carbons (Fsp3) is 0.571. The number of phenols is 2. The lowest BCUT2D eigenvalue weighted by Crippen LogP contribution is -2.30. The number of nitrogens with zero attached hydrogens (tertiary/aromatic N) is 1. The molecule has 3 nitrogen and oxygen atoms in total. The molecule has 1 rings (SSSR count). The van der Waals surface area contributed by atoms with Crippen molar-refractivity contribution in [3.05, 3.63) is 23.8 Å². The maximum absolute atomic E-state index is 9.50. The predicted molar refractivity (Wildman–Crippen MR) is 70.3 cm³/mol. The minimum atomic E-state index is 0.118. The molecule has 0 bridgehead atoms. The van der Waals surface area contributed by atoms with E-state index < -0.39 is 0 Å². The van der Waals surface area contributed by atoms with Crippen LogP contribution in [-0.2, 0) is 0 Å². The first-order chi connectivity index (χ1) is 7.93. The summed E-state index contributed by atoms with van der Waals surface area (Å²) in [6.07, 6.45) is 0. The Morgan fingerprint density at radius 2 is 1.59 bits per heavy atom. The molecule has 0 aliphatic carbocycles. The van der Waals surface area contributed by atoms with Gasteiger partial charge in [-0.1, -0.05) is 20.8 Å². The Balaban J connectivity index is 2.89. The van der Waals surface area contributed by atoms with Gasteiger partial charge >= 0.3 is 0 Å². The van der Waals surface area contributed by atoms with Crippen molar-refractivity contribution in [3.63, 3.8) is 0 Å². The summed E-state index contributed by atoms with van der Waals surface area (Å²) in [7, 11) is 0. The molecule has 1 aromatic rings. The van der Waals surface area contributed by atoms with E-state index in [2.05, 4.69) is 32.6 Å². The van der Waals surface area contributed by atoms with E-state index in [1.165, 1.54) is 6.07 Å². The molecule has 3 heteroatoms. The summed E-state index contributed by atoms with van der Waals surface area (Å²) in [5.74, 6) is 0.836. The van der Waals surface area contributed by atoms with Gasteiger partial charge in [0.2, 0.25) is 0 Å². The van der Waals surface area contributed by atoms with Gasteiger partial charge < -0.3 is 10.2 Å². The van der Waals surface area contributed by atoms with E-state index in [9.17, 15) is 10.2 Å². The third-order valence-corrected chi connectivity index (χ3v) is 2.96. The Hall–Kier alpha value is -1.22. The molecule has 0 amide bonds. The lowest BCUT2D eigenvalue weighted by atomic mass is 10.0. The zero-order valence-electron chi connectivity index (χ0n) is 11.1. The third-order valence-electron chi connectivity index (χ3n) is 2.96. The molecule has 1 unspecified atom stereocenters. The largest absolute Gasteiger partial charge is 0.508 e. The van der Waals surface area contributed by atoms with E-state index in [-0.39, 0.29) is 17.5 Å². The summed E-state index contributed by atoms with van der Waals surface area (Å²) >= 11 is 0. The van der Waals surface area contributed by atoms with Crippen molar-refractivity contribution in [2.24, 2.45) is 5.92 Å². The topological polar surface area (TPSA) is 43.7 Å². The quantitative estimate of drug-likeness (QED) is 0.827. The monoisotopic (exact) mass is 237 g/mol. The summed E-state index contributed by atoms with van der Waals surface area (Å²) in [6.45, 7) is 10.6. The standard InChI is InChI=1S/C14H23NO2/c1-5-15(9-10(2)3)11(4)12-6-13(16)8-14(17)7-12/h6-8,10-11,16-17H,5,9H2,1-4H3. The molecule has 0 heterocycles. The van der Waals surface area contributed by atoms with Crippen LogP contribution in [0.2, 0.25) is 0 Å². The van der Waals surface area contributed by atoms with Gasteiger partial charge in [0.25, 0.3) is 0 Å². The molecule has 1 atom stereocenters. The number of hydrogen-bond donors (Lipinski definition) is 2. The average Bonchev–Trinajstić information content (AvgIpc) is 2.23. The van der Waals surface area contributed by atoms with Crippen molar-refractivity contribution in [2.45, 2.75) is 33.7 Å². The van der Waals surface area contributed by atoms with E-state index in [0.29, 0.717) is 5.92 Å². The van der Waals surface area contributed by atoms with Crippen LogP contribution in [0.25, 0.3) is 0 Å². The number of hydrogen-bond acceptors (Lipinski definition) is 3. The third kappa shape index (κ3) is 3.93. The van der Waals surface area contributed by atoms with Gasteiger partial charge in [-0.25, -0.2) is 0 Å². The Morgan fingerprint density at radius 3 is 2.00 bits per heavy atom. The van der Waals surface area contributed by atoms with Crippen molar-refractivity contribution >= 4 is 0 Å². The van der Waals surface area contributed by atoms with Gasteiger partial charge in [-0.05, 0) is 37.1 Å². The first-order valence-corrected chi connectivity index (χ1v) is 6.21. The van der Waals surface area contributed by atoms with Crippen LogP contribution < -0.4 is 0 Å². The first-order valence-electron chi connectivity index (χ1n) is 6.21. The molecular formula is C14H23NO2. The van der Waals surface area contributed by atoms with Crippen LogP contribution in [0, 0.1) is 5.92 Å².